The van der Waals surface area contributed by atoms with Gasteiger partial charge in [-0.1, -0.05) is 42.5 Å². The standard InChI is InChI=1S/C28H42N2O9/c1-20(39-30(36)37)19-38-28(35)18-29-27(34)12-8-3-2-7-11-23-24(26(33)17-25(23)32)16-15-22(31)14-13-21-9-5-4-6-10-21/h2,4-7,9-10,20,22-26,31-33H,3,8,11-19H2,1H3,(H,29,34)/b7-2-/t20?,22-,23+,24+,25-,26+/m0/s1. The number of carbonyl (C=O) groups excluding carboxylic acids is 2. The highest BCUT2D eigenvalue weighted by atomic mass is 17.0. The van der Waals surface area contributed by atoms with Gasteiger partial charge in [0.1, 0.15) is 19.3 Å². The van der Waals surface area contributed by atoms with Crippen LogP contribution in [0.2, 0.25) is 0 Å². The van der Waals surface area contributed by atoms with Gasteiger partial charge in [0, 0.05) is 6.42 Å². The van der Waals surface area contributed by atoms with Crippen LogP contribution in [0.3, 0.4) is 0 Å². The van der Waals surface area contributed by atoms with Crippen LogP contribution in [-0.2, 0) is 25.6 Å². The summed E-state index contributed by atoms with van der Waals surface area (Å²) in [7, 11) is 0. The Morgan fingerprint density at radius 3 is 2.59 bits per heavy atom. The molecule has 0 bridgehead atoms. The van der Waals surface area contributed by atoms with Gasteiger partial charge in [-0.15, -0.1) is 10.1 Å². The van der Waals surface area contributed by atoms with Crippen molar-refractivity contribution >= 4 is 11.9 Å². The Kier molecular flexibility index (Phi) is 14.5. The smallest absolute Gasteiger partial charge is 0.325 e. The maximum Gasteiger partial charge on any atom is 0.325 e. The van der Waals surface area contributed by atoms with Crippen LogP contribution in [-0.4, -0.2) is 69.9 Å². The number of esters is 1. The number of nitrogens with one attached hydrogen (secondary N) is 1. The molecule has 1 aliphatic rings. The molecule has 0 radical (unpaired) electrons. The van der Waals surface area contributed by atoms with E-state index in [4.69, 9.17) is 4.74 Å². The van der Waals surface area contributed by atoms with Crippen LogP contribution >= 0.6 is 0 Å². The van der Waals surface area contributed by atoms with Crippen molar-refractivity contribution in [3.63, 3.8) is 0 Å². The minimum atomic E-state index is -0.965. The molecule has 1 aliphatic carbocycles. The number of amides is 1. The summed E-state index contributed by atoms with van der Waals surface area (Å²) in [5.41, 5.74) is 1.18. The predicted molar refractivity (Wildman–Crippen MR) is 143 cm³/mol. The number of carbonyl (C=O) groups is 2. The van der Waals surface area contributed by atoms with Gasteiger partial charge in [0.15, 0.2) is 0 Å². The Morgan fingerprint density at radius 2 is 1.87 bits per heavy atom. The molecule has 6 atom stereocenters. The number of unbranched alkanes of at least 4 members (excludes halogenated alkanes) is 1. The van der Waals surface area contributed by atoms with E-state index in [9.17, 15) is 35.0 Å². The van der Waals surface area contributed by atoms with Crippen LogP contribution in [0.25, 0.3) is 0 Å². The Bertz CT molecular complexity index is 912. The summed E-state index contributed by atoms with van der Waals surface area (Å²) in [6, 6.07) is 10.0. The average molecular weight is 551 g/mol. The van der Waals surface area contributed by atoms with Crippen LogP contribution < -0.4 is 5.32 Å². The maximum absolute atomic E-state index is 11.9. The number of aliphatic hydroxyl groups excluding tert-OH is 3. The number of benzene rings is 1. The van der Waals surface area contributed by atoms with Gasteiger partial charge in [0.2, 0.25) is 5.91 Å². The second kappa shape index (κ2) is 17.5. The zero-order valence-electron chi connectivity index (χ0n) is 22.5. The first-order valence-corrected chi connectivity index (χ1v) is 13.6. The SMILES string of the molecule is CC(COC(=O)CNC(=O)CCC/C=C\C[C@@H]1[C@@H](CC[C@@H](O)CCc2ccccc2)[C@H](O)C[C@@H]1O)O[N+](=O)[O-]. The molecule has 4 N–H and O–H groups in total. The van der Waals surface area contributed by atoms with Gasteiger partial charge in [-0.3, -0.25) is 9.59 Å². The molecular weight excluding hydrogens is 508 g/mol. The predicted octanol–water partition coefficient (Wildman–Crippen LogP) is 2.49. The van der Waals surface area contributed by atoms with Crippen LogP contribution in [0, 0.1) is 22.0 Å². The van der Waals surface area contributed by atoms with E-state index in [1.165, 1.54) is 12.5 Å². The fraction of sp³-hybridized carbons (Fsp3) is 0.643. The highest BCUT2D eigenvalue weighted by Crippen LogP contribution is 2.38. The van der Waals surface area contributed by atoms with Crippen LogP contribution in [0.1, 0.15) is 63.9 Å². The Morgan fingerprint density at radius 1 is 1.15 bits per heavy atom. The molecule has 0 spiro atoms. The number of ether oxygens (including phenoxy) is 1. The lowest BCUT2D eigenvalue weighted by molar-refractivity contribution is -0.767. The highest BCUT2D eigenvalue weighted by Gasteiger charge is 2.40. The topological polar surface area (TPSA) is 168 Å². The first-order valence-electron chi connectivity index (χ1n) is 13.6. The van der Waals surface area contributed by atoms with Crippen molar-refractivity contribution in [2.75, 3.05) is 13.2 Å². The van der Waals surface area contributed by atoms with Gasteiger partial charge in [-0.05, 0) is 75.7 Å². The first-order chi connectivity index (χ1) is 18.7. The van der Waals surface area contributed by atoms with Crippen molar-refractivity contribution in [3.8, 4) is 0 Å². The number of nitrogens with zero attached hydrogens (tertiary/aromatic N) is 1. The Hall–Kier alpha value is -3.02. The van der Waals surface area contributed by atoms with Gasteiger partial charge < -0.3 is 30.2 Å². The number of aryl methyl sites for hydroxylation is 1. The molecule has 1 unspecified atom stereocenters. The third-order valence-corrected chi connectivity index (χ3v) is 6.99. The van der Waals surface area contributed by atoms with E-state index in [0.717, 1.165) is 6.42 Å². The molecule has 11 heteroatoms. The molecule has 1 fully saturated rings. The zero-order valence-corrected chi connectivity index (χ0v) is 22.5. The lowest BCUT2D eigenvalue weighted by Gasteiger charge is -2.23. The molecule has 0 heterocycles. The maximum atomic E-state index is 11.9. The number of aliphatic hydroxyl groups is 3. The van der Waals surface area contributed by atoms with E-state index in [0.29, 0.717) is 44.9 Å². The fourth-order valence-electron chi connectivity index (χ4n) is 4.86. The van der Waals surface area contributed by atoms with E-state index in [1.807, 2.05) is 42.5 Å². The van der Waals surface area contributed by atoms with Crippen molar-refractivity contribution in [2.45, 2.75) is 89.1 Å². The summed E-state index contributed by atoms with van der Waals surface area (Å²) < 4.78 is 4.80. The number of hydrogen-bond donors (Lipinski definition) is 4. The van der Waals surface area contributed by atoms with Crippen molar-refractivity contribution in [2.24, 2.45) is 11.8 Å². The summed E-state index contributed by atoms with van der Waals surface area (Å²) >= 11 is 0. The lowest BCUT2D eigenvalue weighted by atomic mass is 9.85. The van der Waals surface area contributed by atoms with E-state index in [-0.39, 0.29) is 37.3 Å². The van der Waals surface area contributed by atoms with Gasteiger partial charge in [0.05, 0.1) is 18.3 Å². The third-order valence-electron chi connectivity index (χ3n) is 6.99. The molecule has 39 heavy (non-hydrogen) atoms. The molecular formula is C28H42N2O9. The van der Waals surface area contributed by atoms with Gasteiger partial charge >= 0.3 is 5.97 Å². The third kappa shape index (κ3) is 13.1. The van der Waals surface area contributed by atoms with Crippen molar-refractivity contribution in [3.05, 3.63) is 58.2 Å². The summed E-state index contributed by atoms with van der Waals surface area (Å²) in [5.74, 6) is -1.17. The molecule has 0 aromatic heterocycles. The summed E-state index contributed by atoms with van der Waals surface area (Å²) in [4.78, 5) is 37.9. The summed E-state index contributed by atoms with van der Waals surface area (Å²) in [5, 5.41) is 43.0. The molecule has 0 aliphatic heterocycles. The second-order valence-corrected chi connectivity index (χ2v) is 10.2. The minimum absolute atomic E-state index is 0.0735. The van der Waals surface area contributed by atoms with E-state index in [2.05, 4.69) is 10.2 Å². The molecule has 218 valence electrons. The summed E-state index contributed by atoms with van der Waals surface area (Å²) in [6.07, 6.45) is 6.45. The highest BCUT2D eigenvalue weighted by molar-refractivity contribution is 5.81. The van der Waals surface area contributed by atoms with Crippen LogP contribution in [0.15, 0.2) is 42.5 Å². The molecule has 0 saturated heterocycles. The Balaban J connectivity index is 1.61. The first kappa shape index (κ1) is 32.2. The van der Waals surface area contributed by atoms with Gasteiger partial charge in [-0.2, -0.15) is 0 Å². The molecule has 1 amide bonds. The average Bonchev–Trinajstić information content (AvgIpc) is 3.17. The number of hydrogen-bond acceptors (Lipinski definition) is 9. The number of allylic oxidation sites excluding steroid dienone is 2. The normalized spacial score (nSPS) is 22.4. The molecule has 1 saturated carbocycles. The largest absolute Gasteiger partial charge is 0.462 e. The molecule has 11 nitrogen and oxygen atoms in total. The molecule has 1 aromatic carbocycles. The van der Waals surface area contributed by atoms with Crippen LogP contribution in [0.5, 0.6) is 0 Å². The van der Waals surface area contributed by atoms with Crippen molar-refractivity contribution in [1.82, 2.24) is 5.32 Å². The lowest BCUT2D eigenvalue weighted by Crippen LogP contribution is -2.32. The van der Waals surface area contributed by atoms with Crippen molar-refractivity contribution < 1.29 is 39.6 Å². The summed E-state index contributed by atoms with van der Waals surface area (Å²) in [6.45, 7) is 0.767. The van der Waals surface area contributed by atoms with Gasteiger partial charge in [-0.25, -0.2) is 0 Å². The Labute approximate surface area is 229 Å². The fourth-order valence-corrected chi connectivity index (χ4v) is 4.86. The molecule has 2 rings (SSSR count). The van der Waals surface area contributed by atoms with E-state index >= 15 is 0 Å². The zero-order chi connectivity index (χ0) is 28.6. The second-order valence-electron chi connectivity index (χ2n) is 10.2. The quantitative estimate of drug-likeness (QED) is 0.0705. The molecule has 1 aromatic rings. The number of rotatable bonds is 18. The van der Waals surface area contributed by atoms with E-state index < -0.39 is 35.5 Å². The van der Waals surface area contributed by atoms with Gasteiger partial charge in [0.25, 0.3) is 5.09 Å². The monoisotopic (exact) mass is 550 g/mol. The minimum Gasteiger partial charge on any atom is -0.462 e. The van der Waals surface area contributed by atoms with E-state index in [1.54, 1.807) is 0 Å². The van der Waals surface area contributed by atoms with Crippen molar-refractivity contribution in [1.29, 1.82) is 0 Å². The van der Waals surface area contributed by atoms with Crippen LogP contribution in [0.4, 0.5) is 0 Å².